The molecule has 1 saturated heterocycles. The predicted molar refractivity (Wildman–Crippen MR) is 104 cm³/mol. The number of hydrogen-bond acceptors (Lipinski definition) is 4. The summed E-state index contributed by atoms with van der Waals surface area (Å²) in [5.74, 6) is -0.386. The van der Waals surface area contributed by atoms with Crippen LogP contribution in [0.4, 0.5) is 13.2 Å². The smallest absolute Gasteiger partial charge is 0.354 e. The minimum Gasteiger partial charge on any atom is -0.354 e. The highest BCUT2D eigenvalue weighted by Gasteiger charge is 2.34. The maximum Gasteiger partial charge on any atom is 0.417 e. The Kier molecular flexibility index (Phi) is 8.51. The first-order valence-corrected chi connectivity index (χ1v) is 11.3. The van der Waals surface area contributed by atoms with Crippen molar-refractivity contribution in [3.8, 4) is 0 Å². The molecule has 0 aliphatic carbocycles. The zero-order chi connectivity index (χ0) is 22.4. The number of alkyl halides is 3. The van der Waals surface area contributed by atoms with Crippen molar-refractivity contribution in [3.05, 3.63) is 28.8 Å². The number of likely N-dealkylation sites (tertiary alicyclic amines) is 1. The second-order valence-electron chi connectivity index (χ2n) is 6.83. The van der Waals surface area contributed by atoms with E-state index in [0.29, 0.717) is 25.6 Å². The molecule has 2 rings (SSSR count). The van der Waals surface area contributed by atoms with Crippen molar-refractivity contribution in [2.45, 2.75) is 43.2 Å². The summed E-state index contributed by atoms with van der Waals surface area (Å²) >= 11 is 5.49. The van der Waals surface area contributed by atoms with E-state index in [1.165, 1.54) is 0 Å². The van der Waals surface area contributed by atoms with E-state index in [0.717, 1.165) is 31.4 Å². The molecular formula is C18H23ClF3N3O4S. The Hall–Kier alpha value is -1.85. The minimum absolute atomic E-state index is 0.0516. The summed E-state index contributed by atoms with van der Waals surface area (Å²) in [6, 6.07) is 2.26. The van der Waals surface area contributed by atoms with Crippen molar-refractivity contribution in [1.29, 1.82) is 0 Å². The third kappa shape index (κ3) is 7.13. The molecule has 0 bridgehead atoms. The fraction of sp³-hybridized carbons (Fsp3) is 0.556. The number of hydrogen-bond donors (Lipinski definition) is 2. The van der Waals surface area contributed by atoms with Crippen molar-refractivity contribution in [1.82, 2.24) is 14.9 Å². The molecule has 0 aromatic heterocycles. The van der Waals surface area contributed by atoms with Crippen LogP contribution in [-0.2, 0) is 25.8 Å². The summed E-state index contributed by atoms with van der Waals surface area (Å²) in [5.41, 5.74) is -1.26. The van der Waals surface area contributed by atoms with E-state index in [1.807, 2.05) is 0 Å². The van der Waals surface area contributed by atoms with Crippen molar-refractivity contribution < 1.29 is 31.2 Å². The molecule has 168 valence electrons. The summed E-state index contributed by atoms with van der Waals surface area (Å²) in [7, 11) is -4.25. The van der Waals surface area contributed by atoms with Gasteiger partial charge in [-0.05, 0) is 31.0 Å². The lowest BCUT2D eigenvalue weighted by Crippen LogP contribution is -2.39. The van der Waals surface area contributed by atoms with Gasteiger partial charge in [0.2, 0.25) is 21.8 Å². The highest BCUT2D eigenvalue weighted by molar-refractivity contribution is 7.89. The van der Waals surface area contributed by atoms with Crippen molar-refractivity contribution >= 4 is 33.4 Å². The second kappa shape index (κ2) is 10.5. The predicted octanol–water partition coefficient (Wildman–Crippen LogP) is 2.55. The SMILES string of the molecule is O=C(CCNS(=O)(=O)c1ccc(Cl)c(C(F)(F)F)c1)NCCN1CCCCCC1=O. The van der Waals surface area contributed by atoms with Gasteiger partial charge in [0, 0.05) is 39.0 Å². The summed E-state index contributed by atoms with van der Waals surface area (Å²) in [6.07, 6.45) is -1.73. The van der Waals surface area contributed by atoms with Crippen LogP contribution in [-0.4, -0.2) is 51.3 Å². The molecule has 2 N–H and O–H groups in total. The molecule has 1 heterocycles. The zero-order valence-corrected chi connectivity index (χ0v) is 17.7. The first-order chi connectivity index (χ1) is 14.0. The normalized spacial score (nSPS) is 15.7. The lowest BCUT2D eigenvalue weighted by molar-refractivity contribution is -0.137. The van der Waals surface area contributed by atoms with Crippen LogP contribution in [0.5, 0.6) is 0 Å². The first kappa shape index (κ1) is 24.4. The number of halogens is 4. The molecule has 0 saturated carbocycles. The lowest BCUT2D eigenvalue weighted by atomic mass is 10.2. The van der Waals surface area contributed by atoms with Gasteiger partial charge in [-0.25, -0.2) is 13.1 Å². The molecule has 12 heteroatoms. The van der Waals surface area contributed by atoms with Crippen molar-refractivity contribution in [3.63, 3.8) is 0 Å². The number of sulfonamides is 1. The summed E-state index contributed by atoms with van der Waals surface area (Å²) in [5, 5.41) is 1.99. The number of rotatable bonds is 8. The molecule has 1 aromatic rings. The van der Waals surface area contributed by atoms with Gasteiger partial charge in [0.1, 0.15) is 0 Å². The van der Waals surface area contributed by atoms with Crippen LogP contribution in [0.15, 0.2) is 23.1 Å². The number of carbonyl (C=O) groups excluding carboxylic acids is 2. The standard InChI is InChI=1S/C18H23ClF3N3O4S/c19-15-6-5-13(12-14(15)18(20,21)22)30(28,29)24-8-7-16(26)23-9-11-25-10-3-1-2-4-17(25)27/h5-6,12,24H,1-4,7-11H2,(H,23,26). The Balaban J connectivity index is 1.81. The highest BCUT2D eigenvalue weighted by atomic mass is 35.5. The van der Waals surface area contributed by atoms with Crippen LogP contribution in [0.25, 0.3) is 0 Å². The Labute approximate surface area is 178 Å². The van der Waals surface area contributed by atoms with Gasteiger partial charge in [-0.1, -0.05) is 18.0 Å². The maximum absolute atomic E-state index is 12.9. The molecular weight excluding hydrogens is 447 g/mol. The van der Waals surface area contributed by atoms with E-state index in [2.05, 4.69) is 10.0 Å². The average Bonchev–Trinajstić information content (AvgIpc) is 2.85. The number of carbonyl (C=O) groups is 2. The van der Waals surface area contributed by atoms with Gasteiger partial charge in [-0.2, -0.15) is 13.2 Å². The van der Waals surface area contributed by atoms with Gasteiger partial charge < -0.3 is 10.2 Å². The maximum atomic E-state index is 12.9. The molecule has 1 aromatic carbocycles. The van der Waals surface area contributed by atoms with E-state index < -0.39 is 37.6 Å². The monoisotopic (exact) mass is 469 g/mol. The van der Waals surface area contributed by atoms with E-state index in [4.69, 9.17) is 11.6 Å². The van der Waals surface area contributed by atoms with Crippen LogP contribution in [0.3, 0.4) is 0 Å². The molecule has 30 heavy (non-hydrogen) atoms. The first-order valence-electron chi connectivity index (χ1n) is 9.41. The molecule has 0 radical (unpaired) electrons. The summed E-state index contributed by atoms with van der Waals surface area (Å²) < 4.78 is 65.2. The third-order valence-electron chi connectivity index (χ3n) is 4.57. The fourth-order valence-corrected chi connectivity index (χ4v) is 4.25. The van der Waals surface area contributed by atoms with Gasteiger partial charge >= 0.3 is 6.18 Å². The van der Waals surface area contributed by atoms with Crippen LogP contribution in [0.1, 0.15) is 37.7 Å². The largest absolute Gasteiger partial charge is 0.417 e. The quantitative estimate of drug-likeness (QED) is 0.611. The molecule has 0 spiro atoms. The van der Waals surface area contributed by atoms with Gasteiger partial charge in [0.05, 0.1) is 15.5 Å². The van der Waals surface area contributed by atoms with Crippen molar-refractivity contribution in [2.24, 2.45) is 0 Å². The second-order valence-corrected chi connectivity index (χ2v) is 9.00. The Morgan fingerprint density at radius 1 is 1.17 bits per heavy atom. The topological polar surface area (TPSA) is 95.6 Å². The molecule has 0 unspecified atom stereocenters. The molecule has 1 aliphatic heterocycles. The van der Waals surface area contributed by atoms with Crippen LogP contribution in [0.2, 0.25) is 5.02 Å². The molecule has 0 atom stereocenters. The molecule has 1 aliphatic rings. The van der Waals surface area contributed by atoms with Crippen LogP contribution < -0.4 is 10.0 Å². The molecule has 2 amide bonds. The van der Waals surface area contributed by atoms with Crippen LogP contribution >= 0.6 is 11.6 Å². The Bertz CT molecular complexity index is 878. The number of nitrogens with zero attached hydrogens (tertiary/aromatic N) is 1. The summed E-state index contributed by atoms with van der Waals surface area (Å²) in [4.78, 5) is 24.8. The number of nitrogens with one attached hydrogen (secondary N) is 2. The van der Waals surface area contributed by atoms with Crippen molar-refractivity contribution in [2.75, 3.05) is 26.2 Å². The van der Waals surface area contributed by atoms with E-state index in [9.17, 15) is 31.2 Å². The van der Waals surface area contributed by atoms with E-state index in [-0.39, 0.29) is 25.4 Å². The lowest BCUT2D eigenvalue weighted by Gasteiger charge is -2.20. The number of benzene rings is 1. The van der Waals surface area contributed by atoms with E-state index in [1.54, 1.807) is 4.90 Å². The summed E-state index contributed by atoms with van der Waals surface area (Å²) in [6.45, 7) is 0.973. The van der Waals surface area contributed by atoms with Gasteiger partial charge in [0.15, 0.2) is 0 Å². The fourth-order valence-electron chi connectivity index (χ4n) is 2.96. The minimum atomic E-state index is -4.79. The van der Waals surface area contributed by atoms with Gasteiger partial charge in [0.25, 0.3) is 0 Å². The molecule has 7 nitrogen and oxygen atoms in total. The van der Waals surface area contributed by atoms with Gasteiger partial charge in [-0.3, -0.25) is 9.59 Å². The number of amides is 2. The average molecular weight is 470 g/mol. The van der Waals surface area contributed by atoms with Crippen LogP contribution in [0, 0.1) is 0 Å². The van der Waals surface area contributed by atoms with Gasteiger partial charge in [-0.15, -0.1) is 0 Å². The molecule has 1 fully saturated rings. The Morgan fingerprint density at radius 3 is 2.60 bits per heavy atom. The third-order valence-corrected chi connectivity index (χ3v) is 6.36. The highest BCUT2D eigenvalue weighted by Crippen LogP contribution is 2.35. The Morgan fingerprint density at radius 2 is 1.90 bits per heavy atom. The van der Waals surface area contributed by atoms with E-state index >= 15 is 0 Å². The zero-order valence-electron chi connectivity index (χ0n) is 16.1.